The minimum absolute atomic E-state index is 0.450. The van der Waals surface area contributed by atoms with E-state index in [1.807, 2.05) is 6.07 Å². The number of hydrogen-bond acceptors (Lipinski definition) is 3. The average Bonchev–Trinajstić information content (AvgIpc) is 2.78. The summed E-state index contributed by atoms with van der Waals surface area (Å²) in [5, 5.41) is 10.3. The Kier molecular flexibility index (Phi) is 3.42. The van der Waals surface area contributed by atoms with Gasteiger partial charge in [-0.1, -0.05) is 38.2 Å². The largest absolute Gasteiger partial charge is 0.417 e. The number of fused-ring (bicyclic) bond motifs is 1. The molecule has 102 valence electrons. The van der Waals surface area contributed by atoms with E-state index in [1.165, 1.54) is 32.1 Å². The molecule has 1 fully saturated rings. The van der Waals surface area contributed by atoms with Gasteiger partial charge in [0.05, 0.1) is 11.6 Å². The first-order valence-corrected chi connectivity index (χ1v) is 7.03. The molecule has 3 rings (SSSR count). The maximum Gasteiger partial charge on any atom is 0.417 e. The third kappa shape index (κ3) is 2.73. The third-order valence-corrected chi connectivity index (χ3v) is 4.11. The maximum atomic E-state index is 11.1. The molecular formula is C15H19NO3. The summed E-state index contributed by atoms with van der Waals surface area (Å²) in [7, 11) is 0. The van der Waals surface area contributed by atoms with Crippen molar-refractivity contribution in [2.24, 2.45) is 5.92 Å². The summed E-state index contributed by atoms with van der Waals surface area (Å²) in [5.74, 6) is 0.173. The molecule has 1 aromatic heterocycles. The van der Waals surface area contributed by atoms with Gasteiger partial charge in [-0.25, -0.2) is 4.79 Å². The molecular weight excluding hydrogens is 242 g/mol. The van der Waals surface area contributed by atoms with Crippen LogP contribution in [0.4, 0.5) is 0 Å². The van der Waals surface area contributed by atoms with E-state index in [-0.39, 0.29) is 0 Å². The zero-order valence-electron chi connectivity index (χ0n) is 10.9. The van der Waals surface area contributed by atoms with Gasteiger partial charge >= 0.3 is 5.76 Å². The molecule has 2 N–H and O–H groups in total. The number of benzene rings is 1. The van der Waals surface area contributed by atoms with Gasteiger partial charge in [0.25, 0.3) is 0 Å². The molecule has 4 nitrogen and oxygen atoms in total. The first-order chi connectivity index (χ1) is 9.22. The van der Waals surface area contributed by atoms with Crippen LogP contribution in [0.3, 0.4) is 0 Å². The summed E-state index contributed by atoms with van der Waals surface area (Å²) in [4.78, 5) is 13.7. The molecule has 1 atom stereocenters. The van der Waals surface area contributed by atoms with Crippen LogP contribution in [-0.4, -0.2) is 10.1 Å². The second-order valence-corrected chi connectivity index (χ2v) is 5.53. The summed E-state index contributed by atoms with van der Waals surface area (Å²) in [6.45, 7) is 0. The first-order valence-electron chi connectivity index (χ1n) is 7.03. The highest BCUT2D eigenvalue weighted by atomic mass is 16.4. The third-order valence-electron chi connectivity index (χ3n) is 4.11. The molecule has 1 heterocycles. The standard InChI is InChI=1S/C15H19NO3/c17-13(8-10-4-2-1-3-5-10)11-6-7-12-14(9-11)19-15(18)16-12/h6-7,9-10,13,17H,1-5,8H2,(H,16,18). The van der Waals surface area contributed by atoms with E-state index in [0.717, 1.165) is 12.0 Å². The van der Waals surface area contributed by atoms with Crippen molar-refractivity contribution in [3.05, 3.63) is 34.3 Å². The number of aliphatic hydroxyl groups excluding tert-OH is 1. The fourth-order valence-corrected chi connectivity index (χ4v) is 3.04. The second-order valence-electron chi connectivity index (χ2n) is 5.53. The van der Waals surface area contributed by atoms with Crippen LogP contribution in [0.1, 0.15) is 50.2 Å². The van der Waals surface area contributed by atoms with E-state index in [0.29, 0.717) is 17.0 Å². The number of hydrogen-bond donors (Lipinski definition) is 2. The fraction of sp³-hybridized carbons (Fsp3) is 0.533. The molecule has 0 amide bonds. The van der Waals surface area contributed by atoms with Gasteiger partial charge in [0.15, 0.2) is 5.58 Å². The molecule has 0 saturated heterocycles. The summed E-state index contributed by atoms with van der Waals surface area (Å²) < 4.78 is 5.03. The van der Waals surface area contributed by atoms with E-state index >= 15 is 0 Å². The monoisotopic (exact) mass is 261 g/mol. The van der Waals surface area contributed by atoms with Crippen molar-refractivity contribution in [2.45, 2.75) is 44.6 Å². The number of oxazole rings is 1. The van der Waals surface area contributed by atoms with Gasteiger partial charge in [-0.05, 0) is 30.0 Å². The van der Waals surface area contributed by atoms with Gasteiger partial charge in [-0.2, -0.15) is 0 Å². The molecule has 1 saturated carbocycles. The Morgan fingerprint density at radius 1 is 1.32 bits per heavy atom. The molecule has 19 heavy (non-hydrogen) atoms. The quantitative estimate of drug-likeness (QED) is 0.892. The van der Waals surface area contributed by atoms with Crippen LogP contribution in [-0.2, 0) is 0 Å². The van der Waals surface area contributed by atoms with Gasteiger partial charge in [-0.15, -0.1) is 0 Å². The second kappa shape index (κ2) is 5.21. The number of rotatable bonds is 3. The molecule has 1 aliphatic carbocycles. The van der Waals surface area contributed by atoms with Crippen LogP contribution in [0.5, 0.6) is 0 Å². The van der Waals surface area contributed by atoms with Crippen LogP contribution in [0.15, 0.2) is 27.4 Å². The first kappa shape index (κ1) is 12.5. The molecule has 1 aromatic carbocycles. The molecule has 1 aliphatic rings. The lowest BCUT2D eigenvalue weighted by Crippen LogP contribution is -2.11. The number of H-pyrrole nitrogens is 1. The zero-order chi connectivity index (χ0) is 13.2. The van der Waals surface area contributed by atoms with Crippen molar-refractivity contribution < 1.29 is 9.52 Å². The topological polar surface area (TPSA) is 66.2 Å². The highest BCUT2D eigenvalue weighted by Gasteiger charge is 2.19. The summed E-state index contributed by atoms with van der Waals surface area (Å²) in [6.07, 6.45) is 6.67. The van der Waals surface area contributed by atoms with Crippen molar-refractivity contribution >= 4 is 11.1 Å². The van der Waals surface area contributed by atoms with Crippen molar-refractivity contribution in [1.29, 1.82) is 0 Å². The van der Waals surface area contributed by atoms with Crippen LogP contribution in [0.25, 0.3) is 11.1 Å². The van der Waals surface area contributed by atoms with Crippen molar-refractivity contribution in [1.82, 2.24) is 4.98 Å². The minimum Gasteiger partial charge on any atom is -0.408 e. The fourth-order valence-electron chi connectivity index (χ4n) is 3.04. The van der Waals surface area contributed by atoms with Crippen LogP contribution < -0.4 is 5.76 Å². The van der Waals surface area contributed by atoms with Crippen LogP contribution in [0.2, 0.25) is 0 Å². The summed E-state index contributed by atoms with van der Waals surface area (Å²) >= 11 is 0. The van der Waals surface area contributed by atoms with Gasteiger partial charge in [0.1, 0.15) is 0 Å². The molecule has 2 aromatic rings. The molecule has 0 radical (unpaired) electrons. The van der Waals surface area contributed by atoms with Crippen molar-refractivity contribution in [3.8, 4) is 0 Å². The Bertz CT molecular complexity index is 607. The molecule has 0 spiro atoms. The lowest BCUT2D eigenvalue weighted by atomic mass is 9.84. The van der Waals surface area contributed by atoms with Gasteiger partial charge in [0.2, 0.25) is 0 Å². The van der Waals surface area contributed by atoms with Crippen molar-refractivity contribution in [3.63, 3.8) is 0 Å². The van der Waals surface area contributed by atoms with Crippen LogP contribution in [0, 0.1) is 5.92 Å². The normalized spacial score (nSPS) is 18.8. The van der Waals surface area contributed by atoms with Gasteiger partial charge in [0, 0.05) is 0 Å². The Morgan fingerprint density at radius 2 is 2.11 bits per heavy atom. The Morgan fingerprint density at radius 3 is 2.89 bits per heavy atom. The van der Waals surface area contributed by atoms with E-state index in [9.17, 15) is 9.90 Å². The Hall–Kier alpha value is -1.55. The lowest BCUT2D eigenvalue weighted by molar-refractivity contribution is 0.131. The number of aromatic amines is 1. The smallest absolute Gasteiger partial charge is 0.408 e. The average molecular weight is 261 g/mol. The molecule has 0 bridgehead atoms. The predicted molar refractivity (Wildman–Crippen MR) is 73.0 cm³/mol. The SMILES string of the molecule is O=c1[nH]c2ccc(C(O)CC3CCCCC3)cc2o1. The zero-order valence-corrected chi connectivity index (χ0v) is 10.9. The Labute approximate surface area is 111 Å². The molecule has 4 heteroatoms. The van der Waals surface area contributed by atoms with Crippen molar-refractivity contribution in [2.75, 3.05) is 0 Å². The van der Waals surface area contributed by atoms with E-state index in [1.54, 1.807) is 12.1 Å². The van der Waals surface area contributed by atoms with Gasteiger partial charge in [-0.3, -0.25) is 4.98 Å². The van der Waals surface area contributed by atoms with E-state index < -0.39 is 11.9 Å². The minimum atomic E-state index is -0.465. The Balaban J connectivity index is 1.76. The van der Waals surface area contributed by atoms with E-state index in [4.69, 9.17) is 4.42 Å². The van der Waals surface area contributed by atoms with Gasteiger partial charge < -0.3 is 9.52 Å². The molecule has 1 unspecified atom stereocenters. The molecule has 0 aliphatic heterocycles. The number of aromatic nitrogens is 1. The van der Waals surface area contributed by atoms with Crippen LogP contribution >= 0.6 is 0 Å². The highest BCUT2D eigenvalue weighted by Crippen LogP contribution is 2.32. The number of nitrogens with one attached hydrogen (secondary N) is 1. The maximum absolute atomic E-state index is 11.1. The predicted octanol–water partition coefficient (Wildman–Crippen LogP) is 3.12. The van der Waals surface area contributed by atoms with E-state index in [2.05, 4.69) is 4.98 Å². The number of aliphatic hydroxyl groups is 1. The lowest BCUT2D eigenvalue weighted by Gasteiger charge is -2.24. The summed E-state index contributed by atoms with van der Waals surface area (Å²) in [6, 6.07) is 5.42. The highest BCUT2D eigenvalue weighted by molar-refractivity contribution is 5.72. The summed E-state index contributed by atoms with van der Waals surface area (Å²) in [5.41, 5.74) is 2.03.